The van der Waals surface area contributed by atoms with Crippen LogP contribution in [0.5, 0.6) is 0 Å². The summed E-state index contributed by atoms with van der Waals surface area (Å²) in [5.74, 6) is -0.798. The molecule has 0 amide bonds. The van der Waals surface area contributed by atoms with Crippen molar-refractivity contribution in [3.05, 3.63) is 34.9 Å². The van der Waals surface area contributed by atoms with E-state index in [1.807, 2.05) is 26.0 Å². The second-order valence-corrected chi connectivity index (χ2v) is 5.04. The standard InChI is InChI=1S/C14H19NO3/c1-9-4-5-11(10(2)6-9)12(15-3)14(13(16)17)7-18-8-14/h4-6,12,15H,7-8H2,1-3H3,(H,16,17). The molecule has 2 rings (SSSR count). The van der Waals surface area contributed by atoms with Gasteiger partial charge in [-0.1, -0.05) is 23.8 Å². The lowest BCUT2D eigenvalue weighted by atomic mass is 9.74. The quantitative estimate of drug-likeness (QED) is 0.852. The molecule has 0 radical (unpaired) electrons. The van der Waals surface area contributed by atoms with Crippen molar-refractivity contribution in [1.29, 1.82) is 0 Å². The van der Waals surface area contributed by atoms with Gasteiger partial charge >= 0.3 is 5.97 Å². The van der Waals surface area contributed by atoms with Crippen molar-refractivity contribution in [3.63, 3.8) is 0 Å². The van der Waals surface area contributed by atoms with Gasteiger partial charge in [-0.2, -0.15) is 0 Å². The van der Waals surface area contributed by atoms with E-state index in [4.69, 9.17) is 4.74 Å². The van der Waals surface area contributed by atoms with Crippen molar-refractivity contribution < 1.29 is 14.6 Å². The number of carbonyl (C=O) groups is 1. The minimum Gasteiger partial charge on any atom is -0.481 e. The van der Waals surface area contributed by atoms with Gasteiger partial charge in [0.25, 0.3) is 0 Å². The molecule has 4 nitrogen and oxygen atoms in total. The molecule has 0 aromatic heterocycles. The van der Waals surface area contributed by atoms with E-state index in [1.165, 1.54) is 5.56 Å². The highest BCUT2D eigenvalue weighted by Crippen LogP contribution is 2.41. The lowest BCUT2D eigenvalue weighted by Crippen LogP contribution is -2.56. The molecule has 98 valence electrons. The van der Waals surface area contributed by atoms with Gasteiger partial charge in [-0.25, -0.2) is 0 Å². The van der Waals surface area contributed by atoms with Gasteiger partial charge in [0.1, 0.15) is 5.41 Å². The predicted molar refractivity (Wildman–Crippen MR) is 68.6 cm³/mol. The number of aliphatic carboxylic acids is 1. The molecule has 0 saturated carbocycles. The summed E-state index contributed by atoms with van der Waals surface area (Å²) in [6.45, 7) is 4.58. The van der Waals surface area contributed by atoms with Crippen LogP contribution in [0, 0.1) is 19.3 Å². The SMILES string of the molecule is CNC(c1ccc(C)cc1C)C1(C(=O)O)COC1. The van der Waals surface area contributed by atoms with E-state index in [2.05, 4.69) is 11.4 Å². The van der Waals surface area contributed by atoms with Crippen LogP contribution in [0.1, 0.15) is 22.7 Å². The van der Waals surface area contributed by atoms with E-state index < -0.39 is 11.4 Å². The molecule has 2 N–H and O–H groups in total. The maximum atomic E-state index is 11.5. The summed E-state index contributed by atoms with van der Waals surface area (Å²) in [6, 6.07) is 5.88. The zero-order valence-corrected chi connectivity index (χ0v) is 11.0. The predicted octanol–water partition coefficient (Wildman–Crippen LogP) is 1.67. The Balaban J connectivity index is 2.42. The van der Waals surface area contributed by atoms with Crippen molar-refractivity contribution in [2.45, 2.75) is 19.9 Å². The van der Waals surface area contributed by atoms with Crippen LogP contribution in [0.2, 0.25) is 0 Å². The summed E-state index contributed by atoms with van der Waals surface area (Å²) in [7, 11) is 1.80. The Morgan fingerprint density at radius 1 is 1.44 bits per heavy atom. The Morgan fingerprint density at radius 2 is 2.11 bits per heavy atom. The molecule has 1 heterocycles. The van der Waals surface area contributed by atoms with Crippen LogP contribution in [0.25, 0.3) is 0 Å². The topological polar surface area (TPSA) is 58.6 Å². The van der Waals surface area contributed by atoms with E-state index >= 15 is 0 Å². The van der Waals surface area contributed by atoms with E-state index in [-0.39, 0.29) is 19.3 Å². The number of ether oxygens (including phenoxy) is 1. The first-order chi connectivity index (χ1) is 8.51. The number of hydrogen-bond donors (Lipinski definition) is 2. The van der Waals surface area contributed by atoms with Crippen molar-refractivity contribution >= 4 is 5.97 Å². The first-order valence-electron chi connectivity index (χ1n) is 6.07. The minimum absolute atomic E-state index is 0.218. The normalized spacial score (nSPS) is 19.1. The maximum absolute atomic E-state index is 11.5. The number of nitrogens with one attached hydrogen (secondary N) is 1. The molecule has 1 aromatic carbocycles. The molecule has 1 aliphatic heterocycles. The summed E-state index contributed by atoms with van der Waals surface area (Å²) >= 11 is 0. The van der Waals surface area contributed by atoms with E-state index in [9.17, 15) is 9.90 Å². The van der Waals surface area contributed by atoms with Gasteiger partial charge in [0, 0.05) is 0 Å². The average Bonchev–Trinajstić information content (AvgIpc) is 2.23. The number of rotatable bonds is 4. The Morgan fingerprint density at radius 3 is 2.50 bits per heavy atom. The van der Waals surface area contributed by atoms with E-state index in [0.717, 1.165) is 11.1 Å². The van der Waals surface area contributed by atoms with Crippen molar-refractivity contribution in [1.82, 2.24) is 5.32 Å². The number of carboxylic acids is 1. The van der Waals surface area contributed by atoms with E-state index in [1.54, 1.807) is 7.05 Å². The van der Waals surface area contributed by atoms with Gasteiger partial charge in [0.05, 0.1) is 19.3 Å². The largest absolute Gasteiger partial charge is 0.481 e. The van der Waals surface area contributed by atoms with Gasteiger partial charge < -0.3 is 15.2 Å². The summed E-state index contributed by atoms with van der Waals surface area (Å²) < 4.78 is 5.15. The Hall–Kier alpha value is -1.39. The van der Waals surface area contributed by atoms with Crippen LogP contribution < -0.4 is 5.32 Å². The third-order valence-electron chi connectivity index (χ3n) is 3.72. The zero-order chi connectivity index (χ0) is 13.3. The molecule has 0 bridgehead atoms. The summed E-state index contributed by atoms with van der Waals surface area (Å²) in [4.78, 5) is 11.5. The summed E-state index contributed by atoms with van der Waals surface area (Å²) in [6.07, 6.45) is 0. The van der Waals surface area contributed by atoms with E-state index in [0.29, 0.717) is 0 Å². The molecule has 1 aromatic rings. The van der Waals surface area contributed by atoms with Crippen molar-refractivity contribution in [2.75, 3.05) is 20.3 Å². The summed E-state index contributed by atoms with van der Waals surface area (Å²) in [5.41, 5.74) is 2.49. The fourth-order valence-corrected chi connectivity index (χ4v) is 2.61. The summed E-state index contributed by atoms with van der Waals surface area (Å²) in [5, 5.41) is 12.6. The second kappa shape index (κ2) is 4.71. The molecular formula is C14H19NO3. The lowest BCUT2D eigenvalue weighted by Gasteiger charge is -2.44. The molecule has 4 heteroatoms. The lowest BCUT2D eigenvalue weighted by molar-refractivity contribution is -0.186. The molecular weight excluding hydrogens is 230 g/mol. The number of carboxylic acid groups (broad SMARTS) is 1. The van der Waals surface area contributed by atoms with Gasteiger partial charge in [-0.05, 0) is 32.0 Å². The van der Waals surface area contributed by atoms with Crippen LogP contribution in [-0.2, 0) is 9.53 Å². The molecule has 1 fully saturated rings. The molecule has 1 saturated heterocycles. The van der Waals surface area contributed by atoms with Gasteiger partial charge in [0.15, 0.2) is 0 Å². The number of aryl methyl sites for hydroxylation is 2. The van der Waals surface area contributed by atoms with Gasteiger partial charge in [0.2, 0.25) is 0 Å². The zero-order valence-electron chi connectivity index (χ0n) is 11.0. The highest BCUT2D eigenvalue weighted by molar-refractivity contribution is 5.77. The first kappa shape index (κ1) is 13.1. The van der Waals surface area contributed by atoms with Crippen LogP contribution in [0.4, 0.5) is 0 Å². The van der Waals surface area contributed by atoms with Crippen LogP contribution >= 0.6 is 0 Å². The maximum Gasteiger partial charge on any atom is 0.316 e. The minimum atomic E-state index is -0.839. The monoisotopic (exact) mass is 249 g/mol. The Bertz CT molecular complexity index is 466. The van der Waals surface area contributed by atoms with Crippen molar-refractivity contribution in [2.24, 2.45) is 5.41 Å². The van der Waals surface area contributed by atoms with Crippen LogP contribution in [0.3, 0.4) is 0 Å². The fourth-order valence-electron chi connectivity index (χ4n) is 2.61. The third kappa shape index (κ3) is 1.91. The van der Waals surface area contributed by atoms with Crippen molar-refractivity contribution in [3.8, 4) is 0 Å². The van der Waals surface area contributed by atoms with Crippen LogP contribution in [-0.4, -0.2) is 31.3 Å². The third-order valence-corrected chi connectivity index (χ3v) is 3.72. The smallest absolute Gasteiger partial charge is 0.316 e. The van der Waals surface area contributed by atoms with Gasteiger partial charge in [-0.3, -0.25) is 4.79 Å². The second-order valence-electron chi connectivity index (χ2n) is 5.04. The van der Waals surface area contributed by atoms with Gasteiger partial charge in [-0.15, -0.1) is 0 Å². The molecule has 0 aliphatic carbocycles. The molecule has 1 unspecified atom stereocenters. The fraction of sp³-hybridized carbons (Fsp3) is 0.500. The number of benzene rings is 1. The molecule has 18 heavy (non-hydrogen) atoms. The molecule has 1 atom stereocenters. The molecule has 0 spiro atoms. The van der Waals surface area contributed by atoms with Crippen LogP contribution in [0.15, 0.2) is 18.2 Å². The molecule has 1 aliphatic rings. The Labute approximate surface area is 107 Å². The Kier molecular flexibility index (Phi) is 3.41. The number of hydrogen-bond acceptors (Lipinski definition) is 3. The average molecular weight is 249 g/mol. The highest BCUT2D eigenvalue weighted by Gasteiger charge is 2.52. The first-order valence-corrected chi connectivity index (χ1v) is 6.07. The highest BCUT2D eigenvalue weighted by atomic mass is 16.5.